The van der Waals surface area contributed by atoms with Gasteiger partial charge >= 0.3 is 6.18 Å². The van der Waals surface area contributed by atoms with Crippen molar-refractivity contribution in [2.24, 2.45) is 0 Å². The number of anilines is 2. The second-order valence-corrected chi connectivity index (χ2v) is 4.23. The Morgan fingerprint density at radius 3 is 2.65 bits per heavy atom. The van der Waals surface area contributed by atoms with Gasteiger partial charge in [0.2, 0.25) is 0 Å². The molecule has 0 aliphatic rings. The number of aromatic nitrogens is 2. The van der Waals surface area contributed by atoms with Crippen LogP contribution >= 0.6 is 11.6 Å². The summed E-state index contributed by atoms with van der Waals surface area (Å²) >= 11 is 5.71. The van der Waals surface area contributed by atoms with E-state index in [0.717, 1.165) is 12.1 Å². The zero-order valence-corrected chi connectivity index (χ0v) is 10.5. The molecule has 0 saturated heterocycles. The van der Waals surface area contributed by atoms with Crippen molar-refractivity contribution < 1.29 is 18.0 Å². The average molecular weight is 305 g/mol. The molecule has 0 aliphatic heterocycles. The number of alkyl halides is 3. The van der Waals surface area contributed by atoms with Gasteiger partial charge in [0.15, 0.2) is 0 Å². The molecule has 0 bridgehead atoms. The Balaban J connectivity index is 2.36. The van der Waals surface area contributed by atoms with E-state index in [1.807, 2.05) is 0 Å². The van der Waals surface area contributed by atoms with E-state index < -0.39 is 23.3 Å². The summed E-state index contributed by atoms with van der Waals surface area (Å²) in [4.78, 5) is 11.8. The van der Waals surface area contributed by atoms with Crippen molar-refractivity contribution in [3.8, 4) is 0 Å². The lowest BCUT2D eigenvalue weighted by molar-refractivity contribution is -0.136. The molecule has 106 valence electrons. The summed E-state index contributed by atoms with van der Waals surface area (Å²) in [6.45, 7) is 0. The van der Waals surface area contributed by atoms with Crippen LogP contribution in [0.2, 0.25) is 5.02 Å². The maximum absolute atomic E-state index is 12.8. The molecule has 1 aromatic heterocycles. The molecule has 2 rings (SSSR count). The number of nitrogens with zero attached hydrogens (tertiary/aromatic N) is 1. The molecule has 1 amide bonds. The van der Waals surface area contributed by atoms with Gasteiger partial charge in [-0.15, -0.1) is 0 Å². The number of nitrogen functional groups attached to an aromatic ring is 1. The summed E-state index contributed by atoms with van der Waals surface area (Å²) in [6.07, 6.45) is -4.64. The van der Waals surface area contributed by atoms with Crippen molar-refractivity contribution >= 4 is 29.0 Å². The first-order valence-corrected chi connectivity index (χ1v) is 5.65. The largest absolute Gasteiger partial charge is 0.418 e. The van der Waals surface area contributed by atoms with Crippen molar-refractivity contribution in [2.45, 2.75) is 6.18 Å². The highest BCUT2D eigenvalue weighted by Gasteiger charge is 2.35. The Morgan fingerprint density at radius 2 is 2.10 bits per heavy atom. The van der Waals surface area contributed by atoms with E-state index in [9.17, 15) is 18.0 Å². The third-order valence-electron chi connectivity index (χ3n) is 2.40. The molecule has 20 heavy (non-hydrogen) atoms. The minimum Gasteiger partial charge on any atom is -0.382 e. The molecule has 5 nitrogen and oxygen atoms in total. The molecule has 1 heterocycles. The number of nitrogens with two attached hydrogens (primary N) is 1. The molecule has 4 N–H and O–H groups in total. The number of H-pyrrole nitrogens is 1. The van der Waals surface area contributed by atoms with Gasteiger partial charge < -0.3 is 11.1 Å². The smallest absolute Gasteiger partial charge is 0.382 e. The number of halogens is 4. The summed E-state index contributed by atoms with van der Waals surface area (Å²) in [5.74, 6) is -0.779. The molecule has 9 heteroatoms. The number of carbonyl (C=O) groups excluding carboxylic acids is 1. The van der Waals surface area contributed by atoms with Crippen molar-refractivity contribution in [3.63, 3.8) is 0 Å². The van der Waals surface area contributed by atoms with E-state index in [-0.39, 0.29) is 16.5 Å². The van der Waals surface area contributed by atoms with Gasteiger partial charge in [-0.1, -0.05) is 17.7 Å². The first kappa shape index (κ1) is 14.2. The SMILES string of the molecule is Nc1cc(C(=O)Nc2c(Cl)cccc2C(F)(F)F)[nH]n1. The Hall–Kier alpha value is -2.22. The fraction of sp³-hybridized carbons (Fsp3) is 0.0909. The molecule has 0 atom stereocenters. The molecular weight excluding hydrogens is 297 g/mol. The number of amides is 1. The van der Waals surface area contributed by atoms with Gasteiger partial charge in [-0.05, 0) is 12.1 Å². The number of para-hydroxylation sites is 1. The van der Waals surface area contributed by atoms with Crippen LogP contribution in [0, 0.1) is 0 Å². The van der Waals surface area contributed by atoms with Crippen molar-refractivity contribution in [3.05, 3.63) is 40.5 Å². The highest BCUT2D eigenvalue weighted by atomic mass is 35.5. The molecule has 0 fully saturated rings. The Morgan fingerprint density at radius 1 is 1.40 bits per heavy atom. The first-order chi connectivity index (χ1) is 9.29. The van der Waals surface area contributed by atoms with Crippen molar-refractivity contribution in [2.75, 3.05) is 11.1 Å². The van der Waals surface area contributed by atoms with E-state index in [0.29, 0.717) is 0 Å². The fourth-order valence-electron chi connectivity index (χ4n) is 1.52. The lowest BCUT2D eigenvalue weighted by Gasteiger charge is -2.14. The van der Waals surface area contributed by atoms with E-state index in [1.54, 1.807) is 0 Å². The van der Waals surface area contributed by atoms with E-state index >= 15 is 0 Å². The van der Waals surface area contributed by atoms with E-state index in [4.69, 9.17) is 17.3 Å². The van der Waals surface area contributed by atoms with Gasteiger partial charge in [0.1, 0.15) is 11.5 Å². The number of nitrogens with one attached hydrogen (secondary N) is 2. The van der Waals surface area contributed by atoms with Gasteiger partial charge in [0.05, 0.1) is 16.3 Å². The van der Waals surface area contributed by atoms with Gasteiger partial charge in [-0.3, -0.25) is 9.89 Å². The minimum atomic E-state index is -4.64. The minimum absolute atomic E-state index is 0.0466. The van der Waals surface area contributed by atoms with Crippen molar-refractivity contribution in [1.29, 1.82) is 0 Å². The third-order valence-corrected chi connectivity index (χ3v) is 2.71. The summed E-state index contributed by atoms with van der Waals surface area (Å²) in [7, 11) is 0. The molecule has 0 radical (unpaired) electrons. The maximum atomic E-state index is 12.8. The molecule has 0 unspecified atom stereocenters. The van der Waals surface area contributed by atoms with Crippen LogP contribution in [0.1, 0.15) is 16.1 Å². The summed E-state index contributed by atoms with van der Waals surface area (Å²) in [5, 5.41) is 7.68. The number of carbonyl (C=O) groups is 1. The lowest BCUT2D eigenvalue weighted by atomic mass is 10.1. The van der Waals surface area contributed by atoms with Crippen LogP contribution in [0.3, 0.4) is 0 Å². The average Bonchev–Trinajstić information content (AvgIpc) is 2.77. The van der Waals surface area contributed by atoms with Crippen LogP contribution in [-0.4, -0.2) is 16.1 Å². The zero-order chi connectivity index (χ0) is 14.9. The number of hydrogen-bond donors (Lipinski definition) is 3. The topological polar surface area (TPSA) is 83.8 Å². The summed E-state index contributed by atoms with van der Waals surface area (Å²) in [6, 6.07) is 4.41. The zero-order valence-electron chi connectivity index (χ0n) is 9.75. The molecule has 0 spiro atoms. The number of benzene rings is 1. The molecular formula is C11H8ClF3N4O. The van der Waals surface area contributed by atoms with Crippen molar-refractivity contribution in [1.82, 2.24) is 10.2 Å². The van der Waals surface area contributed by atoms with Crippen LogP contribution in [0.15, 0.2) is 24.3 Å². The van der Waals surface area contributed by atoms with Gasteiger partial charge in [-0.2, -0.15) is 18.3 Å². The summed E-state index contributed by atoms with van der Waals surface area (Å²) in [5.41, 5.74) is 3.69. The fourth-order valence-corrected chi connectivity index (χ4v) is 1.74. The van der Waals surface area contributed by atoms with Crippen LogP contribution in [-0.2, 0) is 6.18 Å². The monoisotopic (exact) mass is 304 g/mol. The highest BCUT2D eigenvalue weighted by Crippen LogP contribution is 2.38. The Kier molecular flexibility index (Phi) is 3.58. The number of rotatable bonds is 2. The lowest BCUT2D eigenvalue weighted by Crippen LogP contribution is -2.17. The molecule has 0 aliphatic carbocycles. The normalized spacial score (nSPS) is 11.4. The maximum Gasteiger partial charge on any atom is 0.418 e. The molecule has 1 aromatic carbocycles. The standard InChI is InChI=1S/C11H8ClF3N4O/c12-6-3-1-2-5(11(13,14)15)9(6)17-10(20)7-4-8(16)19-18-7/h1-4H,(H,17,20)(H3,16,18,19). The van der Waals surface area contributed by atoms with Crippen LogP contribution in [0.25, 0.3) is 0 Å². The Bertz CT molecular complexity index is 653. The van der Waals surface area contributed by atoms with Gasteiger partial charge in [-0.25, -0.2) is 0 Å². The second-order valence-electron chi connectivity index (χ2n) is 3.82. The number of aromatic amines is 1. The number of hydrogen-bond acceptors (Lipinski definition) is 3. The highest BCUT2D eigenvalue weighted by molar-refractivity contribution is 6.34. The van der Waals surface area contributed by atoms with Gasteiger partial charge in [0, 0.05) is 6.07 Å². The molecule has 2 aromatic rings. The van der Waals surface area contributed by atoms with Crippen LogP contribution < -0.4 is 11.1 Å². The van der Waals surface area contributed by atoms with Crippen LogP contribution in [0.5, 0.6) is 0 Å². The molecule has 0 saturated carbocycles. The quantitative estimate of drug-likeness (QED) is 0.797. The predicted octanol–water partition coefficient (Wildman–Crippen LogP) is 2.92. The van der Waals surface area contributed by atoms with Crippen LogP contribution in [0.4, 0.5) is 24.7 Å². The predicted molar refractivity (Wildman–Crippen MR) is 67.4 cm³/mol. The summed E-state index contributed by atoms with van der Waals surface area (Å²) < 4.78 is 38.5. The second kappa shape index (κ2) is 5.04. The first-order valence-electron chi connectivity index (χ1n) is 5.27. The van der Waals surface area contributed by atoms with E-state index in [2.05, 4.69) is 15.5 Å². The third kappa shape index (κ3) is 2.85. The van der Waals surface area contributed by atoms with Gasteiger partial charge in [0.25, 0.3) is 5.91 Å². The van der Waals surface area contributed by atoms with E-state index in [1.165, 1.54) is 12.1 Å². The Labute approximate surface area is 115 Å².